The topological polar surface area (TPSA) is 30.3 Å². The van der Waals surface area contributed by atoms with E-state index in [1.54, 1.807) is 0 Å². The fourth-order valence-electron chi connectivity index (χ4n) is 3.69. The van der Waals surface area contributed by atoms with Crippen molar-refractivity contribution in [2.24, 2.45) is 5.92 Å². The molecule has 1 saturated heterocycles. The maximum Gasteiger partial charge on any atom is 0.127 e. The zero-order chi connectivity index (χ0) is 18.8. The van der Waals surface area contributed by atoms with Crippen LogP contribution in [0.2, 0.25) is 0 Å². The maximum atomic E-state index is 5.56. The van der Waals surface area contributed by atoms with Crippen LogP contribution in [-0.2, 0) is 4.74 Å². The van der Waals surface area contributed by atoms with Crippen LogP contribution in [0.3, 0.4) is 0 Å². The highest BCUT2D eigenvalue weighted by Gasteiger charge is 2.33. The van der Waals surface area contributed by atoms with Gasteiger partial charge in [-0.25, -0.2) is 4.68 Å². The molecule has 4 nitrogen and oxygen atoms in total. The van der Waals surface area contributed by atoms with Crippen molar-refractivity contribution in [3.8, 4) is 0 Å². The lowest BCUT2D eigenvalue weighted by molar-refractivity contribution is 0.0612. The Morgan fingerprint density at radius 1 is 1.33 bits per heavy atom. The van der Waals surface area contributed by atoms with Gasteiger partial charge in [0, 0.05) is 24.3 Å². The van der Waals surface area contributed by atoms with Crippen LogP contribution in [0.1, 0.15) is 25.5 Å². The van der Waals surface area contributed by atoms with Gasteiger partial charge in [-0.05, 0) is 37.8 Å². The Morgan fingerprint density at radius 3 is 2.78 bits per heavy atom. The highest BCUT2D eigenvalue weighted by molar-refractivity contribution is 7.48. The standard InChI is InChI=1S/C22H28N3OP/c1-4-6-18(7-5-2)19-14-22-25(23-19)21(24-10-12-26-13-11-24)15-20(27-22)16(3)17-8-9-17/h4-7,14-15,17,20,27H,1,3,8-13H2,2H3/b7-5-,18-6+. The molecule has 0 bridgehead atoms. The SMILES string of the molecule is C=C/C=C(\C=C/C)c1cc2n(n1)C(N1CCOCC1)=CC(C(=C)C1CC1)P2. The molecule has 1 aromatic heterocycles. The number of hydrogen-bond donors (Lipinski definition) is 0. The van der Waals surface area contributed by atoms with Gasteiger partial charge in [-0.15, -0.1) is 0 Å². The molecule has 0 aromatic carbocycles. The number of allylic oxidation sites excluding steroid dienone is 7. The van der Waals surface area contributed by atoms with Crippen molar-refractivity contribution in [2.45, 2.75) is 25.4 Å². The number of ether oxygens (including phenoxy) is 1. The molecule has 2 aliphatic heterocycles. The van der Waals surface area contributed by atoms with Crippen molar-refractivity contribution in [1.82, 2.24) is 14.7 Å². The van der Waals surface area contributed by atoms with Crippen LogP contribution >= 0.6 is 8.58 Å². The first kappa shape index (κ1) is 18.5. The summed E-state index contributed by atoms with van der Waals surface area (Å²) in [5.74, 6) is 1.92. The minimum atomic E-state index is 0.431. The van der Waals surface area contributed by atoms with Crippen molar-refractivity contribution in [1.29, 1.82) is 0 Å². The van der Waals surface area contributed by atoms with Crippen LogP contribution < -0.4 is 5.44 Å². The summed E-state index contributed by atoms with van der Waals surface area (Å²) >= 11 is 0. The predicted molar refractivity (Wildman–Crippen MR) is 115 cm³/mol. The maximum absolute atomic E-state index is 5.56. The van der Waals surface area contributed by atoms with Gasteiger partial charge < -0.3 is 9.64 Å². The lowest BCUT2D eigenvalue weighted by Crippen LogP contribution is -2.40. The van der Waals surface area contributed by atoms with Crippen LogP contribution in [0.5, 0.6) is 0 Å². The second kappa shape index (κ2) is 8.00. The quantitative estimate of drug-likeness (QED) is 0.426. The molecule has 1 aromatic rings. The summed E-state index contributed by atoms with van der Waals surface area (Å²) < 4.78 is 7.71. The van der Waals surface area contributed by atoms with Gasteiger partial charge in [-0.3, -0.25) is 0 Å². The van der Waals surface area contributed by atoms with E-state index in [-0.39, 0.29) is 0 Å². The third-order valence-corrected chi connectivity index (χ3v) is 6.82. The molecular weight excluding hydrogens is 353 g/mol. The molecule has 5 heteroatoms. The number of nitrogens with zero attached hydrogens (tertiary/aromatic N) is 3. The zero-order valence-corrected chi connectivity index (χ0v) is 17.0. The monoisotopic (exact) mass is 381 g/mol. The number of hydrogen-bond acceptors (Lipinski definition) is 3. The summed E-state index contributed by atoms with van der Waals surface area (Å²) in [4.78, 5) is 2.41. The normalized spacial score (nSPS) is 24.2. The van der Waals surface area contributed by atoms with Gasteiger partial charge in [0.15, 0.2) is 0 Å². The minimum Gasteiger partial charge on any atom is -0.378 e. The first-order valence-corrected chi connectivity index (χ1v) is 10.8. The Balaban J connectivity index is 1.72. The number of rotatable bonds is 6. The van der Waals surface area contributed by atoms with E-state index in [1.165, 1.54) is 29.7 Å². The van der Waals surface area contributed by atoms with E-state index in [0.29, 0.717) is 14.2 Å². The van der Waals surface area contributed by atoms with Gasteiger partial charge >= 0.3 is 0 Å². The van der Waals surface area contributed by atoms with Crippen molar-refractivity contribution in [3.63, 3.8) is 0 Å². The van der Waals surface area contributed by atoms with E-state index >= 15 is 0 Å². The average Bonchev–Trinajstić information content (AvgIpc) is 3.45. The van der Waals surface area contributed by atoms with Crippen molar-refractivity contribution >= 4 is 25.4 Å². The smallest absolute Gasteiger partial charge is 0.127 e. The molecule has 142 valence electrons. The highest BCUT2D eigenvalue weighted by atomic mass is 31.1. The van der Waals surface area contributed by atoms with Gasteiger partial charge in [-0.2, -0.15) is 5.10 Å². The van der Waals surface area contributed by atoms with E-state index in [9.17, 15) is 0 Å². The van der Waals surface area contributed by atoms with Crippen molar-refractivity contribution in [3.05, 3.63) is 60.9 Å². The van der Waals surface area contributed by atoms with Gasteiger partial charge in [0.1, 0.15) is 5.82 Å². The Kier molecular flexibility index (Phi) is 5.47. The average molecular weight is 381 g/mol. The Labute approximate surface area is 163 Å². The second-order valence-corrected chi connectivity index (χ2v) is 8.70. The first-order valence-electron chi connectivity index (χ1n) is 9.77. The van der Waals surface area contributed by atoms with Gasteiger partial charge in [-0.1, -0.05) is 51.6 Å². The van der Waals surface area contributed by atoms with Crippen LogP contribution in [-0.4, -0.2) is 46.6 Å². The van der Waals surface area contributed by atoms with E-state index in [1.807, 2.05) is 25.2 Å². The highest BCUT2D eigenvalue weighted by Crippen LogP contribution is 2.44. The molecule has 1 aliphatic carbocycles. The fraction of sp³-hybridized carbons (Fsp3) is 0.409. The van der Waals surface area contributed by atoms with Crippen LogP contribution in [0, 0.1) is 5.92 Å². The lowest BCUT2D eigenvalue weighted by atomic mass is 10.1. The second-order valence-electron chi connectivity index (χ2n) is 7.28. The molecule has 0 radical (unpaired) electrons. The molecule has 3 aliphatic rings. The minimum absolute atomic E-state index is 0.431. The number of aromatic nitrogens is 2. The molecule has 0 N–H and O–H groups in total. The summed E-state index contributed by atoms with van der Waals surface area (Å²) in [6, 6.07) is 2.24. The zero-order valence-electron chi connectivity index (χ0n) is 16.0. The number of fused-ring (bicyclic) bond motifs is 1. The van der Waals surface area contributed by atoms with E-state index in [2.05, 4.69) is 41.0 Å². The Bertz CT molecular complexity index is 823. The molecule has 2 atom stereocenters. The van der Waals surface area contributed by atoms with Gasteiger partial charge in [0.05, 0.1) is 24.3 Å². The van der Waals surface area contributed by atoms with Crippen molar-refractivity contribution < 1.29 is 4.74 Å². The fourth-order valence-corrected chi connectivity index (χ4v) is 5.17. The predicted octanol–water partition coefficient (Wildman–Crippen LogP) is 3.81. The van der Waals surface area contributed by atoms with Crippen LogP contribution in [0.25, 0.3) is 11.4 Å². The van der Waals surface area contributed by atoms with Crippen molar-refractivity contribution in [2.75, 3.05) is 26.3 Å². The summed E-state index contributed by atoms with van der Waals surface area (Å²) in [7, 11) is 0.684. The molecule has 1 saturated carbocycles. The van der Waals surface area contributed by atoms with Crippen LogP contribution in [0.15, 0.2) is 55.2 Å². The van der Waals surface area contributed by atoms with E-state index < -0.39 is 0 Å². The first-order chi connectivity index (χ1) is 13.2. The molecule has 27 heavy (non-hydrogen) atoms. The molecule has 2 fully saturated rings. The van der Waals surface area contributed by atoms with Gasteiger partial charge in [0.2, 0.25) is 0 Å². The largest absolute Gasteiger partial charge is 0.378 e. The summed E-state index contributed by atoms with van der Waals surface area (Å²) in [6.07, 6.45) is 13.0. The Hall–Kier alpha value is -1.90. The molecule has 3 heterocycles. The molecule has 0 amide bonds. The third kappa shape index (κ3) is 3.88. The molecule has 2 unspecified atom stereocenters. The van der Waals surface area contributed by atoms with E-state index in [0.717, 1.165) is 43.5 Å². The van der Waals surface area contributed by atoms with Crippen LogP contribution in [0.4, 0.5) is 0 Å². The molecular formula is C22H28N3OP. The molecule has 0 spiro atoms. The van der Waals surface area contributed by atoms with Gasteiger partial charge in [0.25, 0.3) is 0 Å². The number of morpholine rings is 1. The molecule has 4 rings (SSSR count). The summed E-state index contributed by atoms with van der Waals surface area (Å²) in [5.41, 5.74) is 5.23. The lowest BCUT2D eigenvalue weighted by Gasteiger charge is -2.35. The third-order valence-electron chi connectivity index (χ3n) is 5.32. The van der Waals surface area contributed by atoms with E-state index in [4.69, 9.17) is 9.84 Å². The summed E-state index contributed by atoms with van der Waals surface area (Å²) in [5, 5.41) is 4.98. The Morgan fingerprint density at radius 2 is 2.11 bits per heavy atom. The summed E-state index contributed by atoms with van der Waals surface area (Å²) in [6.45, 7) is 13.7.